The number of fused-ring (bicyclic) bond motifs is 7. The van der Waals surface area contributed by atoms with Gasteiger partial charge in [0.05, 0.1) is 27.5 Å². The Hall–Kier alpha value is -5.72. The summed E-state index contributed by atoms with van der Waals surface area (Å²) in [7, 11) is 36.7. The van der Waals surface area contributed by atoms with Crippen molar-refractivity contribution in [2.45, 2.75) is 5.82 Å². The first-order valence-corrected chi connectivity index (χ1v) is 24.0. The zero-order valence-corrected chi connectivity index (χ0v) is 42.7. The van der Waals surface area contributed by atoms with Crippen LogP contribution >= 0.6 is 0 Å². The molecule has 9 rings (SSSR count). The fourth-order valence-corrected chi connectivity index (χ4v) is 11.8. The molecule has 3 nitrogen and oxygen atoms in total. The molecular weight excluding hydrogens is 794 g/mol. The molecule has 19 heteroatoms. The molecule has 9 aromatic rings. The minimum absolute atomic E-state index is 0.0462. The van der Waals surface area contributed by atoms with E-state index in [-0.39, 0.29) is 5.82 Å². The number of allylic oxidation sites excluding steroid dienone is 1. The van der Waals surface area contributed by atoms with Crippen molar-refractivity contribution in [2.24, 2.45) is 0 Å². The fourth-order valence-electron chi connectivity index (χ4n) is 11.8. The Morgan fingerprint density at radius 1 is 0.537 bits per heavy atom. The Morgan fingerprint density at radius 2 is 1.06 bits per heavy atom. The zero-order chi connectivity index (χ0) is 48.1. The number of rotatable bonds is 8. The van der Waals surface area contributed by atoms with Crippen molar-refractivity contribution in [2.75, 3.05) is 11.4 Å². The summed E-state index contributed by atoms with van der Waals surface area (Å²) < 4.78 is 9.53. The molecule has 2 aromatic heterocycles. The molecule has 1 unspecified atom stereocenters. The molecule has 0 aliphatic rings. The van der Waals surface area contributed by atoms with Crippen LogP contribution in [0.1, 0.15) is 5.56 Å². The lowest BCUT2D eigenvalue weighted by molar-refractivity contribution is 0.673. The highest BCUT2D eigenvalue weighted by atomic mass is 16.3. The van der Waals surface area contributed by atoms with E-state index in [0.717, 1.165) is 55.2 Å². The Bertz CT molecular complexity index is 3580. The molecule has 0 fully saturated rings. The number of terminal acetylenes is 1. The molecule has 0 aliphatic heterocycles. The highest BCUT2D eigenvalue weighted by molar-refractivity contribution is 6.71. The van der Waals surface area contributed by atoms with Gasteiger partial charge in [0.15, 0.2) is 7.85 Å². The van der Waals surface area contributed by atoms with Crippen LogP contribution in [-0.4, -0.2) is 137 Å². The quantitative estimate of drug-likeness (QED) is 0.112. The van der Waals surface area contributed by atoms with Crippen LogP contribution in [0.2, 0.25) is 5.82 Å². The molecule has 0 bridgehead atoms. The third-order valence-electron chi connectivity index (χ3n) is 16.5. The molecule has 2 heterocycles. The van der Waals surface area contributed by atoms with Gasteiger partial charge in [-0.3, -0.25) is 0 Å². The molecule has 7 aromatic carbocycles. The molecule has 0 saturated heterocycles. The lowest BCUT2D eigenvalue weighted by atomic mass is 9.56. The van der Waals surface area contributed by atoms with Gasteiger partial charge in [0, 0.05) is 28.7 Å². The van der Waals surface area contributed by atoms with Crippen LogP contribution in [0.15, 0.2) is 94.8 Å². The van der Waals surface area contributed by atoms with Gasteiger partial charge in [0.2, 0.25) is 0 Å². The fraction of sp³-hybridized carbons (Fsp3) is 0.0417. The molecule has 0 radical (unpaired) electrons. The topological polar surface area (TPSA) is 21.3 Å². The third kappa shape index (κ3) is 7.06. The largest absolute Gasteiger partial charge is 0.455 e. The van der Waals surface area contributed by atoms with E-state index in [1.165, 1.54) is 110 Å². The first-order valence-electron chi connectivity index (χ1n) is 24.0. The van der Waals surface area contributed by atoms with E-state index in [1.54, 1.807) is 0 Å². The Labute approximate surface area is 411 Å². The molecular formula is C48H50B16N2O. The SMILES string of the molecule is B/C(C#C)=C(\c1c(B)c(B)c(B)c(B)c1B)C(B)CN(c1c(B)c(B)c(-c2c(B)c(B)c(B)c(B)c2B)c(B)c1B)c1cccc2oc3c(ccc4c3c3ccccc3n4-c3ccccc3)c12. The molecule has 0 saturated carbocycles. The summed E-state index contributed by atoms with van der Waals surface area (Å²) in [5.41, 5.74) is 32.5. The van der Waals surface area contributed by atoms with Crippen molar-refractivity contribution in [3.63, 3.8) is 0 Å². The van der Waals surface area contributed by atoms with Crippen LogP contribution in [0.5, 0.6) is 0 Å². The Balaban J connectivity index is 1.35. The van der Waals surface area contributed by atoms with Crippen molar-refractivity contribution >= 4 is 263 Å². The van der Waals surface area contributed by atoms with Gasteiger partial charge < -0.3 is 13.9 Å². The van der Waals surface area contributed by atoms with Crippen LogP contribution in [0, 0.1) is 12.3 Å². The first kappa shape index (κ1) is 46.4. The summed E-state index contributed by atoms with van der Waals surface area (Å²) >= 11 is 0. The summed E-state index contributed by atoms with van der Waals surface area (Å²) in [5, 5.41) is 4.53. The number of furan rings is 1. The van der Waals surface area contributed by atoms with Crippen molar-refractivity contribution in [3.8, 4) is 29.2 Å². The summed E-state index contributed by atoms with van der Waals surface area (Å²) in [5.74, 6) is 3.18. The second-order valence-corrected chi connectivity index (χ2v) is 19.7. The maximum atomic E-state index is 7.16. The number of para-hydroxylation sites is 2. The van der Waals surface area contributed by atoms with Gasteiger partial charge in [-0.05, 0) is 76.0 Å². The van der Waals surface area contributed by atoms with E-state index in [1.807, 2.05) is 0 Å². The minimum atomic E-state index is 0.0462. The van der Waals surface area contributed by atoms with Crippen LogP contribution in [-0.2, 0) is 0 Å². The lowest BCUT2D eigenvalue weighted by Crippen LogP contribution is -2.57. The van der Waals surface area contributed by atoms with E-state index in [9.17, 15) is 0 Å². The number of nitrogens with zero attached hydrogens (tertiary/aromatic N) is 2. The monoisotopic (exact) mass is 847 g/mol. The van der Waals surface area contributed by atoms with Gasteiger partial charge in [0.1, 0.15) is 129 Å². The number of hydrogen-bond acceptors (Lipinski definition) is 2. The summed E-state index contributed by atoms with van der Waals surface area (Å²) in [4.78, 5) is 2.63. The summed E-state index contributed by atoms with van der Waals surface area (Å²) in [6.45, 7) is 0.696. The van der Waals surface area contributed by atoms with Gasteiger partial charge in [0.25, 0.3) is 0 Å². The number of benzene rings is 7. The van der Waals surface area contributed by atoms with Crippen LogP contribution in [0.25, 0.3) is 66.1 Å². The molecule has 0 N–H and O–H groups in total. The highest BCUT2D eigenvalue weighted by Crippen LogP contribution is 2.44. The molecule has 306 valence electrons. The maximum Gasteiger partial charge on any atom is 0.150 e. The third-order valence-corrected chi connectivity index (χ3v) is 16.5. The Morgan fingerprint density at radius 3 is 1.64 bits per heavy atom. The van der Waals surface area contributed by atoms with Gasteiger partial charge in [-0.25, -0.2) is 0 Å². The molecule has 67 heavy (non-hydrogen) atoms. The van der Waals surface area contributed by atoms with E-state index >= 15 is 0 Å². The Kier molecular flexibility index (Phi) is 12.1. The standard InChI is InChI=1S/C48H50B16N2O/c1-2-21(49)29(30-33(51)39(57)43(61)40(58)34(30)52)22(50)17-65(47-45(63)37(55)32(38(56)46(47)64)31-35(53)41(59)44(62)42(60)36(31)54)24-13-8-14-26-27(24)20-15-16-25-28(48(20)67-26)19-11-6-7-12-23(19)66(25)18-9-4-3-5-10-18/h1,3-16,22H,17,49-64H2/b29-21-. The lowest BCUT2D eigenvalue weighted by Gasteiger charge is -2.36. The van der Waals surface area contributed by atoms with Crippen molar-refractivity contribution in [1.29, 1.82) is 0 Å². The molecule has 0 spiro atoms. The predicted octanol–water partition coefficient (Wildman–Crippen LogP) is -13.8. The van der Waals surface area contributed by atoms with Crippen molar-refractivity contribution in [3.05, 3.63) is 96.0 Å². The summed E-state index contributed by atoms with van der Waals surface area (Å²) in [6.07, 6.45) is 6.43. The van der Waals surface area contributed by atoms with Crippen molar-refractivity contribution in [1.82, 2.24) is 4.57 Å². The van der Waals surface area contributed by atoms with Gasteiger partial charge in [-0.1, -0.05) is 92.1 Å². The maximum absolute atomic E-state index is 7.16. The average molecular weight is 844 g/mol. The second kappa shape index (κ2) is 17.4. The number of anilines is 2. The van der Waals surface area contributed by atoms with E-state index < -0.39 is 0 Å². The number of aromatic nitrogens is 1. The van der Waals surface area contributed by atoms with Crippen LogP contribution in [0.4, 0.5) is 11.4 Å². The molecule has 0 aliphatic carbocycles. The minimum Gasteiger partial charge on any atom is -0.455 e. The van der Waals surface area contributed by atoms with E-state index in [4.69, 9.17) is 10.8 Å². The van der Waals surface area contributed by atoms with E-state index in [2.05, 4.69) is 226 Å². The van der Waals surface area contributed by atoms with Gasteiger partial charge >= 0.3 is 0 Å². The van der Waals surface area contributed by atoms with Gasteiger partial charge in [-0.15, -0.1) is 39.2 Å². The first-order chi connectivity index (χ1) is 31.9. The predicted molar refractivity (Wildman–Crippen MR) is 344 cm³/mol. The molecule has 1 atom stereocenters. The van der Waals surface area contributed by atoms with Crippen molar-refractivity contribution < 1.29 is 4.42 Å². The normalized spacial score (nSPS) is 12.5. The molecule has 0 amide bonds. The zero-order valence-electron chi connectivity index (χ0n) is 42.7. The van der Waals surface area contributed by atoms with Crippen LogP contribution in [0.3, 0.4) is 0 Å². The summed E-state index contributed by atoms with van der Waals surface area (Å²) in [6, 6.07) is 30.6. The van der Waals surface area contributed by atoms with Gasteiger partial charge in [-0.2, -0.15) is 0 Å². The average Bonchev–Trinajstić information content (AvgIpc) is 3.89. The van der Waals surface area contributed by atoms with Crippen LogP contribution < -0.4 is 81.4 Å². The number of hydrogen-bond donors (Lipinski definition) is 0. The highest BCUT2D eigenvalue weighted by Gasteiger charge is 2.30. The second-order valence-electron chi connectivity index (χ2n) is 19.7. The van der Waals surface area contributed by atoms with E-state index in [0.29, 0.717) is 6.54 Å². The smallest absolute Gasteiger partial charge is 0.150 e.